The molecule has 1 heterocycles. The Balaban J connectivity index is 2.11. The second-order valence-corrected chi connectivity index (χ2v) is 5.49. The fraction of sp³-hybridized carbons (Fsp3) is 0.667. The van der Waals surface area contributed by atoms with Crippen molar-refractivity contribution in [3.05, 3.63) is 21.6 Å². The van der Waals surface area contributed by atoms with Gasteiger partial charge >= 0.3 is 0 Å². The molecule has 0 bridgehead atoms. The van der Waals surface area contributed by atoms with Gasteiger partial charge in [0.2, 0.25) is 0 Å². The van der Waals surface area contributed by atoms with Gasteiger partial charge in [-0.05, 0) is 25.7 Å². The minimum atomic E-state index is -0.651. The molecule has 19 heavy (non-hydrogen) atoms. The van der Waals surface area contributed by atoms with Crippen LogP contribution in [0, 0.1) is 5.92 Å². The van der Waals surface area contributed by atoms with Crippen LogP contribution < -0.4 is 16.6 Å². The van der Waals surface area contributed by atoms with Crippen LogP contribution in [-0.4, -0.2) is 33.6 Å². The highest BCUT2D eigenvalue weighted by Gasteiger charge is 2.23. The van der Waals surface area contributed by atoms with Crippen LogP contribution >= 0.6 is 11.6 Å². The maximum atomic E-state index is 12.2. The van der Waals surface area contributed by atoms with E-state index in [1.165, 1.54) is 10.9 Å². The zero-order valence-corrected chi connectivity index (χ0v) is 11.6. The van der Waals surface area contributed by atoms with Gasteiger partial charge in [0.25, 0.3) is 5.56 Å². The maximum Gasteiger partial charge on any atom is 0.291 e. The first kappa shape index (κ1) is 14.3. The fourth-order valence-corrected chi connectivity index (χ4v) is 1.89. The van der Waals surface area contributed by atoms with Gasteiger partial charge in [-0.2, -0.15) is 5.10 Å². The zero-order valence-electron chi connectivity index (χ0n) is 10.8. The van der Waals surface area contributed by atoms with Crippen LogP contribution in [0.25, 0.3) is 0 Å². The van der Waals surface area contributed by atoms with E-state index in [0.29, 0.717) is 18.2 Å². The largest absolute Gasteiger partial charge is 0.392 e. The lowest BCUT2D eigenvalue weighted by Gasteiger charge is -2.16. The molecule has 2 rings (SSSR count). The lowest BCUT2D eigenvalue weighted by molar-refractivity contribution is 0.168. The van der Waals surface area contributed by atoms with E-state index < -0.39 is 12.1 Å². The average Bonchev–Trinajstić information content (AvgIpc) is 3.16. The van der Waals surface area contributed by atoms with Crippen molar-refractivity contribution < 1.29 is 5.11 Å². The Bertz CT molecular complexity index is 499. The van der Waals surface area contributed by atoms with Gasteiger partial charge in [0.15, 0.2) is 0 Å². The van der Waals surface area contributed by atoms with Crippen molar-refractivity contribution in [2.75, 3.05) is 11.9 Å². The Hall–Kier alpha value is -1.11. The molecule has 0 saturated heterocycles. The van der Waals surface area contributed by atoms with Gasteiger partial charge in [-0.3, -0.25) is 4.79 Å². The van der Waals surface area contributed by atoms with Gasteiger partial charge in [0.05, 0.1) is 17.3 Å². The molecule has 106 valence electrons. The normalized spacial score (nSPS) is 18.1. The zero-order chi connectivity index (χ0) is 14.0. The number of aliphatic hydroxyl groups is 1. The van der Waals surface area contributed by atoms with Crippen molar-refractivity contribution in [1.82, 2.24) is 9.78 Å². The van der Waals surface area contributed by atoms with Crippen molar-refractivity contribution >= 4 is 17.3 Å². The highest BCUT2D eigenvalue weighted by Crippen LogP contribution is 2.30. The fourth-order valence-electron chi connectivity index (χ4n) is 1.69. The van der Waals surface area contributed by atoms with Crippen LogP contribution in [0.4, 0.5) is 5.69 Å². The summed E-state index contributed by atoms with van der Waals surface area (Å²) in [6, 6.07) is -0.458. The van der Waals surface area contributed by atoms with Crippen LogP contribution in [0.2, 0.25) is 5.02 Å². The van der Waals surface area contributed by atoms with Gasteiger partial charge in [-0.1, -0.05) is 11.6 Å². The summed E-state index contributed by atoms with van der Waals surface area (Å²) < 4.78 is 1.43. The molecule has 0 aromatic carbocycles. The molecule has 1 aliphatic carbocycles. The minimum Gasteiger partial charge on any atom is -0.392 e. The smallest absolute Gasteiger partial charge is 0.291 e. The molecular formula is C12H19ClN4O2. The molecule has 2 atom stereocenters. The lowest BCUT2D eigenvalue weighted by atomic mass is 10.2. The number of anilines is 1. The number of hydrogen-bond acceptors (Lipinski definition) is 5. The van der Waals surface area contributed by atoms with Gasteiger partial charge in [-0.15, -0.1) is 0 Å². The van der Waals surface area contributed by atoms with E-state index in [0.717, 1.165) is 12.8 Å². The summed E-state index contributed by atoms with van der Waals surface area (Å²) in [6.07, 6.45) is 3.10. The lowest BCUT2D eigenvalue weighted by Crippen LogP contribution is -2.40. The summed E-state index contributed by atoms with van der Waals surface area (Å²) in [5.41, 5.74) is 5.77. The second kappa shape index (κ2) is 5.90. The van der Waals surface area contributed by atoms with Gasteiger partial charge < -0.3 is 16.2 Å². The van der Waals surface area contributed by atoms with Crippen molar-refractivity contribution in [2.45, 2.75) is 38.5 Å². The van der Waals surface area contributed by atoms with E-state index in [-0.39, 0.29) is 17.1 Å². The minimum absolute atomic E-state index is 0.239. The Morgan fingerprint density at radius 2 is 2.37 bits per heavy atom. The third-order valence-electron chi connectivity index (χ3n) is 3.26. The molecule has 1 aromatic rings. The Morgan fingerprint density at radius 3 is 2.95 bits per heavy atom. The summed E-state index contributed by atoms with van der Waals surface area (Å²) in [7, 11) is 0. The molecule has 0 aliphatic heterocycles. The topological polar surface area (TPSA) is 93.2 Å². The highest BCUT2D eigenvalue weighted by atomic mass is 35.5. The number of halogens is 1. The van der Waals surface area contributed by atoms with E-state index in [9.17, 15) is 9.90 Å². The van der Waals surface area contributed by atoms with E-state index in [2.05, 4.69) is 10.4 Å². The molecule has 4 N–H and O–H groups in total. The molecule has 2 unspecified atom stereocenters. The molecule has 0 amide bonds. The van der Waals surface area contributed by atoms with Crippen molar-refractivity contribution in [3.63, 3.8) is 0 Å². The predicted octanol–water partition coefficient (Wildman–Crippen LogP) is 0.427. The van der Waals surface area contributed by atoms with Crippen LogP contribution in [-0.2, 0) is 6.54 Å². The Labute approximate surface area is 116 Å². The van der Waals surface area contributed by atoms with Crippen LogP contribution in [0.1, 0.15) is 19.8 Å². The van der Waals surface area contributed by atoms with Crippen LogP contribution in [0.3, 0.4) is 0 Å². The van der Waals surface area contributed by atoms with Gasteiger partial charge in [0.1, 0.15) is 5.69 Å². The number of rotatable bonds is 6. The predicted molar refractivity (Wildman–Crippen MR) is 74.4 cm³/mol. The molecule has 7 heteroatoms. The first-order valence-corrected chi connectivity index (χ1v) is 6.80. The third kappa shape index (κ3) is 3.68. The second-order valence-electron chi connectivity index (χ2n) is 5.08. The van der Waals surface area contributed by atoms with Crippen LogP contribution in [0.5, 0.6) is 0 Å². The van der Waals surface area contributed by atoms with E-state index >= 15 is 0 Å². The molecule has 6 nitrogen and oxygen atoms in total. The van der Waals surface area contributed by atoms with E-state index in [4.69, 9.17) is 17.3 Å². The SMILES string of the molecule is CC(O)C(N)CNc1c(Cl)cnn(CC2CC2)c1=O. The third-order valence-corrected chi connectivity index (χ3v) is 3.55. The highest BCUT2D eigenvalue weighted by molar-refractivity contribution is 6.32. The summed E-state index contributed by atoms with van der Waals surface area (Å²) in [6.45, 7) is 2.51. The number of aliphatic hydroxyl groups excluding tert-OH is 1. The quantitative estimate of drug-likeness (QED) is 0.705. The molecule has 0 spiro atoms. The van der Waals surface area contributed by atoms with Crippen molar-refractivity contribution in [3.8, 4) is 0 Å². The van der Waals surface area contributed by atoms with Gasteiger partial charge in [-0.25, -0.2) is 4.68 Å². The molecule has 1 saturated carbocycles. The summed E-state index contributed by atoms with van der Waals surface area (Å²) in [5, 5.41) is 16.5. The van der Waals surface area contributed by atoms with E-state index in [1.807, 2.05) is 0 Å². The molecule has 1 aliphatic rings. The number of nitrogens with zero attached hydrogens (tertiary/aromatic N) is 2. The number of nitrogens with two attached hydrogens (primary N) is 1. The number of aromatic nitrogens is 2. The first-order chi connectivity index (χ1) is 8.99. The molecule has 0 radical (unpaired) electrons. The average molecular weight is 287 g/mol. The summed E-state index contributed by atoms with van der Waals surface area (Å²) in [4.78, 5) is 12.2. The first-order valence-electron chi connectivity index (χ1n) is 6.42. The van der Waals surface area contributed by atoms with Crippen molar-refractivity contribution in [1.29, 1.82) is 0 Å². The van der Waals surface area contributed by atoms with Crippen LogP contribution in [0.15, 0.2) is 11.0 Å². The molecule has 1 aromatic heterocycles. The standard InChI is InChI=1S/C12H19ClN4O2/c1-7(18)10(14)5-15-11-9(13)4-16-17(12(11)19)6-8-2-3-8/h4,7-8,10,15,18H,2-3,5-6,14H2,1H3. The monoisotopic (exact) mass is 286 g/mol. The Kier molecular flexibility index (Phi) is 4.44. The van der Waals surface area contributed by atoms with E-state index in [1.54, 1.807) is 6.92 Å². The van der Waals surface area contributed by atoms with Crippen molar-refractivity contribution in [2.24, 2.45) is 11.7 Å². The molecule has 1 fully saturated rings. The number of hydrogen-bond donors (Lipinski definition) is 3. The summed E-state index contributed by atoms with van der Waals surface area (Å²) >= 11 is 5.98. The summed E-state index contributed by atoms with van der Waals surface area (Å²) in [5.74, 6) is 0.555. The molecular weight excluding hydrogens is 268 g/mol. The maximum absolute atomic E-state index is 12.2. The Morgan fingerprint density at radius 1 is 1.68 bits per heavy atom. The number of nitrogens with one attached hydrogen (secondary N) is 1. The van der Waals surface area contributed by atoms with Gasteiger partial charge in [0, 0.05) is 19.1 Å².